The van der Waals surface area contributed by atoms with Gasteiger partial charge in [0, 0.05) is 11.1 Å². The molecule has 14 heavy (non-hydrogen) atoms. The highest BCUT2D eigenvalue weighted by Gasteiger charge is 2.45. The van der Waals surface area contributed by atoms with Gasteiger partial charge in [0.1, 0.15) is 5.01 Å². The van der Waals surface area contributed by atoms with Crippen LogP contribution in [-0.2, 0) is 5.54 Å². The van der Waals surface area contributed by atoms with E-state index in [1.807, 2.05) is 6.92 Å². The van der Waals surface area contributed by atoms with Crippen LogP contribution >= 0.6 is 11.3 Å². The molecule has 0 bridgehead atoms. The monoisotopic (exact) mass is 210 g/mol. The van der Waals surface area contributed by atoms with Crippen LogP contribution in [0.3, 0.4) is 0 Å². The summed E-state index contributed by atoms with van der Waals surface area (Å²) in [6.07, 6.45) is 2.22. The largest absolute Gasteiger partial charge is 0.319 e. The molecule has 1 aromatic heterocycles. The van der Waals surface area contributed by atoms with Crippen LogP contribution in [-0.4, -0.2) is 4.98 Å². The van der Waals surface area contributed by atoms with E-state index in [1.54, 1.807) is 11.3 Å². The zero-order valence-electron chi connectivity index (χ0n) is 9.08. The maximum Gasteiger partial charge on any atom is 0.113 e. The molecule has 1 saturated carbocycles. The Morgan fingerprint density at radius 1 is 1.57 bits per heavy atom. The van der Waals surface area contributed by atoms with Crippen molar-refractivity contribution < 1.29 is 0 Å². The van der Waals surface area contributed by atoms with Crippen molar-refractivity contribution >= 4 is 11.3 Å². The molecule has 1 aliphatic rings. The van der Waals surface area contributed by atoms with E-state index in [0.29, 0.717) is 0 Å². The van der Waals surface area contributed by atoms with Crippen LogP contribution in [0.4, 0.5) is 0 Å². The van der Waals surface area contributed by atoms with Crippen molar-refractivity contribution in [3.63, 3.8) is 0 Å². The van der Waals surface area contributed by atoms with Crippen LogP contribution in [0.2, 0.25) is 0 Å². The van der Waals surface area contributed by atoms with Crippen LogP contribution in [0.15, 0.2) is 5.38 Å². The fourth-order valence-corrected chi connectivity index (χ4v) is 3.04. The lowest BCUT2D eigenvalue weighted by Gasteiger charge is -2.45. The van der Waals surface area contributed by atoms with Crippen LogP contribution in [0.1, 0.15) is 37.4 Å². The number of rotatable bonds is 2. The van der Waals surface area contributed by atoms with Gasteiger partial charge in [0.15, 0.2) is 0 Å². The third-order valence-electron chi connectivity index (χ3n) is 3.24. The number of nitrogens with two attached hydrogens (primary N) is 1. The molecule has 2 nitrogen and oxygen atoms in total. The highest BCUT2D eigenvalue weighted by Crippen LogP contribution is 2.47. The molecule has 2 N–H and O–H groups in total. The van der Waals surface area contributed by atoms with Gasteiger partial charge >= 0.3 is 0 Å². The molecule has 0 saturated heterocycles. The Bertz CT molecular complexity index is 324. The van der Waals surface area contributed by atoms with Crippen molar-refractivity contribution in [2.24, 2.45) is 17.6 Å². The van der Waals surface area contributed by atoms with Crippen molar-refractivity contribution in [3.05, 3.63) is 16.1 Å². The zero-order chi connectivity index (χ0) is 10.3. The third kappa shape index (κ3) is 1.59. The van der Waals surface area contributed by atoms with E-state index in [0.717, 1.165) is 35.4 Å². The van der Waals surface area contributed by atoms with Crippen LogP contribution in [0, 0.1) is 18.8 Å². The number of hydrogen-bond donors (Lipinski definition) is 1. The Hall–Kier alpha value is -0.410. The second-order valence-corrected chi connectivity index (χ2v) is 5.72. The first-order valence-electron chi connectivity index (χ1n) is 5.23. The van der Waals surface area contributed by atoms with Crippen LogP contribution < -0.4 is 5.73 Å². The highest BCUT2D eigenvalue weighted by atomic mass is 32.1. The number of hydrogen-bond acceptors (Lipinski definition) is 3. The molecule has 78 valence electrons. The van der Waals surface area contributed by atoms with Gasteiger partial charge in [-0.1, -0.05) is 13.8 Å². The predicted molar refractivity (Wildman–Crippen MR) is 60.3 cm³/mol. The van der Waals surface area contributed by atoms with Crippen molar-refractivity contribution in [3.8, 4) is 0 Å². The van der Waals surface area contributed by atoms with Gasteiger partial charge in [-0.05, 0) is 31.6 Å². The van der Waals surface area contributed by atoms with Crippen molar-refractivity contribution in [1.82, 2.24) is 4.98 Å². The molecule has 2 rings (SSSR count). The molecule has 0 aliphatic heterocycles. The molecular weight excluding hydrogens is 192 g/mol. The maximum atomic E-state index is 6.31. The quantitative estimate of drug-likeness (QED) is 0.815. The van der Waals surface area contributed by atoms with Gasteiger partial charge in [-0.15, -0.1) is 11.3 Å². The minimum atomic E-state index is -0.103. The molecule has 0 spiro atoms. The highest BCUT2D eigenvalue weighted by molar-refractivity contribution is 7.09. The molecule has 0 atom stereocenters. The van der Waals surface area contributed by atoms with Crippen molar-refractivity contribution in [2.45, 2.75) is 39.2 Å². The molecule has 1 aromatic rings. The second kappa shape index (κ2) is 3.31. The SMILES string of the molecule is Cc1csc(C2(N)CC(C(C)C)C2)n1. The maximum absolute atomic E-state index is 6.31. The second-order valence-electron chi connectivity index (χ2n) is 4.86. The minimum Gasteiger partial charge on any atom is -0.319 e. The normalized spacial score (nSPS) is 31.9. The van der Waals surface area contributed by atoms with Crippen LogP contribution in [0.5, 0.6) is 0 Å². The first-order valence-corrected chi connectivity index (χ1v) is 6.11. The molecule has 0 unspecified atom stereocenters. The summed E-state index contributed by atoms with van der Waals surface area (Å²) in [6.45, 7) is 6.58. The number of aryl methyl sites for hydroxylation is 1. The van der Waals surface area contributed by atoms with Gasteiger partial charge in [-0.3, -0.25) is 0 Å². The molecule has 3 heteroatoms. The number of aromatic nitrogens is 1. The molecule has 0 amide bonds. The van der Waals surface area contributed by atoms with E-state index in [4.69, 9.17) is 5.73 Å². The summed E-state index contributed by atoms with van der Waals surface area (Å²) < 4.78 is 0. The summed E-state index contributed by atoms with van der Waals surface area (Å²) in [5, 5.41) is 3.22. The van der Waals surface area contributed by atoms with Gasteiger partial charge in [0.05, 0.1) is 5.54 Å². The molecular formula is C11H18N2S. The first kappa shape index (κ1) is 10.1. The summed E-state index contributed by atoms with van der Waals surface area (Å²) in [7, 11) is 0. The lowest BCUT2D eigenvalue weighted by atomic mass is 9.65. The Morgan fingerprint density at radius 2 is 2.21 bits per heavy atom. The summed E-state index contributed by atoms with van der Waals surface area (Å²) in [5.41, 5.74) is 7.31. The molecule has 0 aromatic carbocycles. The number of thiazole rings is 1. The summed E-state index contributed by atoms with van der Waals surface area (Å²) >= 11 is 1.71. The predicted octanol–water partition coefficient (Wildman–Crippen LogP) is 2.67. The van der Waals surface area contributed by atoms with Gasteiger partial charge < -0.3 is 5.73 Å². The van der Waals surface area contributed by atoms with E-state index in [9.17, 15) is 0 Å². The van der Waals surface area contributed by atoms with E-state index in [2.05, 4.69) is 24.2 Å². The molecule has 1 aliphatic carbocycles. The van der Waals surface area contributed by atoms with Gasteiger partial charge in [-0.25, -0.2) is 4.98 Å². The van der Waals surface area contributed by atoms with Crippen molar-refractivity contribution in [1.29, 1.82) is 0 Å². The lowest BCUT2D eigenvalue weighted by Crippen LogP contribution is -2.50. The third-order valence-corrected chi connectivity index (χ3v) is 4.42. The standard InChI is InChI=1S/C11H18N2S/c1-7(2)9-4-11(12,5-9)10-13-8(3)6-14-10/h6-7,9H,4-5,12H2,1-3H3. The molecule has 1 fully saturated rings. The van der Waals surface area contributed by atoms with E-state index in [1.165, 1.54) is 0 Å². The van der Waals surface area contributed by atoms with E-state index < -0.39 is 0 Å². The fraction of sp³-hybridized carbons (Fsp3) is 0.727. The average molecular weight is 210 g/mol. The fourth-order valence-electron chi connectivity index (χ4n) is 2.10. The Kier molecular flexibility index (Phi) is 2.40. The van der Waals surface area contributed by atoms with Gasteiger partial charge in [0.2, 0.25) is 0 Å². The van der Waals surface area contributed by atoms with Crippen molar-refractivity contribution in [2.75, 3.05) is 0 Å². The van der Waals surface area contributed by atoms with Crippen LogP contribution in [0.25, 0.3) is 0 Å². The Balaban J connectivity index is 2.07. The molecule has 0 radical (unpaired) electrons. The average Bonchev–Trinajstić information content (AvgIpc) is 2.45. The van der Waals surface area contributed by atoms with E-state index >= 15 is 0 Å². The smallest absolute Gasteiger partial charge is 0.113 e. The minimum absolute atomic E-state index is 0.103. The first-order chi connectivity index (χ1) is 6.51. The lowest BCUT2D eigenvalue weighted by molar-refractivity contribution is 0.104. The summed E-state index contributed by atoms with van der Waals surface area (Å²) in [5.74, 6) is 1.55. The summed E-state index contributed by atoms with van der Waals surface area (Å²) in [6, 6.07) is 0. The molecule has 1 heterocycles. The summed E-state index contributed by atoms with van der Waals surface area (Å²) in [4.78, 5) is 4.49. The topological polar surface area (TPSA) is 38.9 Å². The zero-order valence-corrected chi connectivity index (χ0v) is 9.90. The Morgan fingerprint density at radius 3 is 2.64 bits per heavy atom. The number of nitrogens with zero attached hydrogens (tertiary/aromatic N) is 1. The Labute approximate surface area is 89.5 Å². The van der Waals surface area contributed by atoms with E-state index in [-0.39, 0.29) is 5.54 Å². The van der Waals surface area contributed by atoms with Gasteiger partial charge in [-0.2, -0.15) is 0 Å². The van der Waals surface area contributed by atoms with Gasteiger partial charge in [0.25, 0.3) is 0 Å².